The van der Waals surface area contributed by atoms with Crippen molar-refractivity contribution in [2.24, 2.45) is 5.41 Å². The van der Waals surface area contributed by atoms with Crippen molar-refractivity contribution in [3.63, 3.8) is 0 Å². The minimum Gasteiger partial charge on any atom is -0.339 e. The molecule has 2 aromatic rings. The summed E-state index contributed by atoms with van der Waals surface area (Å²) in [5.74, 6) is 0.309. The summed E-state index contributed by atoms with van der Waals surface area (Å²) in [4.78, 5) is 19.1. The molecule has 6 nitrogen and oxygen atoms in total. The number of aromatic nitrogens is 2. The number of rotatable bonds is 2. The van der Waals surface area contributed by atoms with E-state index in [-0.39, 0.29) is 24.2 Å². The highest BCUT2D eigenvalue weighted by Crippen LogP contribution is 2.37. The number of carbonyl (C=O) groups is 1. The molecule has 0 atom stereocenters. The van der Waals surface area contributed by atoms with Gasteiger partial charge in [0.25, 0.3) is 11.6 Å². The maximum atomic E-state index is 12.9. The van der Waals surface area contributed by atoms with Crippen LogP contribution >= 0.6 is 12.4 Å². The molecule has 0 unspecified atom stereocenters. The molecule has 4 rings (SSSR count). The van der Waals surface area contributed by atoms with E-state index in [1.54, 1.807) is 6.20 Å². The monoisotopic (exact) mass is 364 g/mol. The van der Waals surface area contributed by atoms with Crippen molar-refractivity contribution in [1.82, 2.24) is 20.4 Å². The van der Waals surface area contributed by atoms with Gasteiger partial charge in [0.15, 0.2) is 0 Å². The molecule has 1 amide bonds. The smallest absolute Gasteiger partial charge is 0.257 e. The summed E-state index contributed by atoms with van der Waals surface area (Å²) >= 11 is 0. The first-order valence-corrected chi connectivity index (χ1v) is 8.83. The highest BCUT2D eigenvalue weighted by Gasteiger charge is 2.38. The van der Waals surface area contributed by atoms with Gasteiger partial charge in [-0.05, 0) is 43.2 Å². The topological polar surface area (TPSA) is 71.3 Å². The second kappa shape index (κ2) is 6.92. The Balaban J connectivity index is 0.00000182. The van der Waals surface area contributed by atoms with Crippen LogP contribution in [0.5, 0.6) is 0 Å². The summed E-state index contributed by atoms with van der Waals surface area (Å²) in [6.07, 6.45) is 5.03. The maximum absolute atomic E-state index is 12.9. The van der Waals surface area contributed by atoms with Crippen LogP contribution in [-0.2, 0) is 0 Å². The van der Waals surface area contributed by atoms with Crippen molar-refractivity contribution < 1.29 is 9.32 Å². The average Bonchev–Trinajstić information content (AvgIpc) is 3.21. The molecular weight excluding hydrogens is 340 g/mol. The van der Waals surface area contributed by atoms with Gasteiger partial charge >= 0.3 is 0 Å². The Hall–Kier alpha value is -1.66. The van der Waals surface area contributed by atoms with E-state index in [0.29, 0.717) is 16.7 Å². The number of hydrogen-bond acceptors (Lipinski definition) is 5. The molecule has 2 saturated heterocycles. The zero-order chi connectivity index (χ0) is 16.7. The Kier molecular flexibility index (Phi) is 5.02. The van der Waals surface area contributed by atoms with Crippen molar-refractivity contribution in [2.45, 2.75) is 39.0 Å². The number of carbonyl (C=O) groups excluding carboxylic acids is 1. The van der Waals surface area contributed by atoms with Crippen molar-refractivity contribution in [1.29, 1.82) is 0 Å². The second-order valence-corrected chi connectivity index (χ2v) is 7.52. The maximum Gasteiger partial charge on any atom is 0.257 e. The summed E-state index contributed by atoms with van der Waals surface area (Å²) in [5.41, 5.74) is 2.41. The predicted octanol–water partition coefficient (Wildman–Crippen LogP) is 2.98. The Morgan fingerprint density at radius 2 is 2.08 bits per heavy atom. The van der Waals surface area contributed by atoms with Crippen molar-refractivity contribution in [3.8, 4) is 0 Å². The molecular formula is C18H25ClN4O2. The third-order valence-corrected chi connectivity index (χ3v) is 5.59. The third-order valence-electron chi connectivity index (χ3n) is 5.59. The standard InChI is InChI=1S/C18H24N4O2.ClH/c1-12(2)15-14-9-13(10-20-16(14)24-21-15)17(23)22-7-4-18(5-8-22)3-6-19-11-18;/h9-10,12,19H,3-8,11H2,1-2H3;1H. The summed E-state index contributed by atoms with van der Waals surface area (Å²) in [5, 5.41) is 8.40. The molecule has 7 heteroatoms. The van der Waals surface area contributed by atoms with Gasteiger partial charge in [0.2, 0.25) is 0 Å². The fourth-order valence-corrected chi connectivity index (χ4v) is 3.97. The fraction of sp³-hybridized carbons (Fsp3) is 0.611. The van der Waals surface area contributed by atoms with E-state index in [1.165, 1.54) is 6.42 Å². The lowest BCUT2D eigenvalue weighted by Crippen LogP contribution is -2.44. The third kappa shape index (κ3) is 3.25. The second-order valence-electron chi connectivity index (χ2n) is 7.52. The molecule has 2 aliphatic rings. The molecule has 1 spiro atoms. The van der Waals surface area contributed by atoms with Crippen LogP contribution < -0.4 is 5.32 Å². The average molecular weight is 365 g/mol. The van der Waals surface area contributed by atoms with Gasteiger partial charge in [-0.1, -0.05) is 19.0 Å². The van der Waals surface area contributed by atoms with Crippen LogP contribution in [0.1, 0.15) is 55.1 Å². The van der Waals surface area contributed by atoms with Crippen molar-refractivity contribution in [3.05, 3.63) is 23.5 Å². The number of halogens is 1. The van der Waals surface area contributed by atoms with Crippen LogP contribution in [-0.4, -0.2) is 47.1 Å². The van der Waals surface area contributed by atoms with E-state index in [1.807, 2.05) is 11.0 Å². The van der Waals surface area contributed by atoms with Gasteiger partial charge in [0, 0.05) is 25.8 Å². The quantitative estimate of drug-likeness (QED) is 0.886. The van der Waals surface area contributed by atoms with E-state index in [9.17, 15) is 4.79 Å². The lowest BCUT2D eigenvalue weighted by atomic mass is 9.78. The number of nitrogens with one attached hydrogen (secondary N) is 1. The van der Waals surface area contributed by atoms with Crippen LogP contribution in [0.15, 0.2) is 16.8 Å². The van der Waals surface area contributed by atoms with Gasteiger partial charge in [0.1, 0.15) is 0 Å². The predicted molar refractivity (Wildman–Crippen MR) is 98.2 cm³/mol. The zero-order valence-corrected chi connectivity index (χ0v) is 15.6. The van der Waals surface area contributed by atoms with E-state index in [4.69, 9.17) is 4.52 Å². The molecule has 0 bridgehead atoms. The highest BCUT2D eigenvalue weighted by molar-refractivity contribution is 5.97. The molecule has 25 heavy (non-hydrogen) atoms. The molecule has 2 aliphatic heterocycles. The molecule has 0 saturated carbocycles. The Morgan fingerprint density at radius 3 is 2.72 bits per heavy atom. The van der Waals surface area contributed by atoms with Crippen LogP contribution in [0.2, 0.25) is 0 Å². The molecule has 0 radical (unpaired) electrons. The number of amides is 1. The lowest BCUT2D eigenvalue weighted by Gasteiger charge is -2.38. The SMILES string of the molecule is CC(C)c1noc2ncc(C(=O)N3CCC4(CCNC4)CC3)cc12.Cl. The molecule has 1 N–H and O–H groups in total. The van der Waals surface area contributed by atoms with Crippen LogP contribution in [0, 0.1) is 5.41 Å². The number of piperidine rings is 1. The van der Waals surface area contributed by atoms with Gasteiger partial charge in [-0.15, -0.1) is 12.4 Å². The van der Waals surface area contributed by atoms with Gasteiger partial charge in [0.05, 0.1) is 16.6 Å². The normalized spacial score (nSPS) is 19.6. The van der Waals surface area contributed by atoms with E-state index in [2.05, 4.69) is 29.3 Å². The van der Waals surface area contributed by atoms with Crippen LogP contribution in [0.25, 0.3) is 11.1 Å². The minimum absolute atomic E-state index is 0. The Bertz CT molecular complexity index is 758. The molecule has 136 valence electrons. The Morgan fingerprint density at radius 1 is 1.32 bits per heavy atom. The van der Waals surface area contributed by atoms with Crippen LogP contribution in [0.4, 0.5) is 0 Å². The summed E-state index contributed by atoms with van der Waals surface area (Å²) in [7, 11) is 0. The summed E-state index contributed by atoms with van der Waals surface area (Å²) in [6, 6.07) is 1.89. The van der Waals surface area contributed by atoms with E-state index in [0.717, 1.165) is 50.1 Å². The zero-order valence-electron chi connectivity index (χ0n) is 14.7. The molecule has 4 heterocycles. The van der Waals surface area contributed by atoms with E-state index < -0.39 is 0 Å². The summed E-state index contributed by atoms with van der Waals surface area (Å²) in [6.45, 7) is 8.00. The molecule has 0 aliphatic carbocycles. The van der Waals surface area contributed by atoms with Gasteiger partial charge < -0.3 is 14.7 Å². The Labute approximate surface area is 153 Å². The molecule has 2 aromatic heterocycles. The van der Waals surface area contributed by atoms with Gasteiger partial charge in [-0.3, -0.25) is 4.79 Å². The summed E-state index contributed by atoms with van der Waals surface area (Å²) < 4.78 is 5.26. The van der Waals surface area contributed by atoms with E-state index >= 15 is 0 Å². The number of pyridine rings is 1. The largest absolute Gasteiger partial charge is 0.339 e. The lowest BCUT2D eigenvalue weighted by molar-refractivity contribution is 0.0607. The first-order valence-electron chi connectivity index (χ1n) is 8.83. The number of hydrogen-bond donors (Lipinski definition) is 1. The highest BCUT2D eigenvalue weighted by atomic mass is 35.5. The van der Waals surface area contributed by atoms with Crippen LogP contribution in [0.3, 0.4) is 0 Å². The van der Waals surface area contributed by atoms with Crippen molar-refractivity contribution in [2.75, 3.05) is 26.2 Å². The van der Waals surface area contributed by atoms with Crippen molar-refractivity contribution >= 4 is 29.4 Å². The number of nitrogens with zero attached hydrogens (tertiary/aromatic N) is 3. The molecule has 2 fully saturated rings. The fourth-order valence-electron chi connectivity index (χ4n) is 3.97. The number of likely N-dealkylation sites (tertiary alicyclic amines) is 1. The first kappa shape index (κ1) is 18.1. The minimum atomic E-state index is 0. The van der Waals surface area contributed by atoms with Gasteiger partial charge in [-0.25, -0.2) is 4.98 Å². The molecule has 0 aromatic carbocycles. The number of fused-ring (bicyclic) bond motifs is 1. The van der Waals surface area contributed by atoms with Gasteiger partial charge in [-0.2, -0.15) is 0 Å². The first-order chi connectivity index (χ1) is 11.6.